The number of hydrogen-bond donors (Lipinski definition) is 10. The van der Waals surface area contributed by atoms with Gasteiger partial charge in [0.15, 0.2) is 79.9 Å². The number of aliphatic hydroxyl groups excluding tert-OH is 2. The summed E-state index contributed by atoms with van der Waals surface area (Å²) in [5.41, 5.74) is -14.4. The maximum Gasteiger partial charge on any atom is 0.200 e. The highest BCUT2D eigenvalue weighted by Gasteiger charge is 2.80. The number of H-pyrrole nitrogens is 2. The lowest BCUT2D eigenvalue weighted by Crippen LogP contribution is -2.85. The number of nitrogens with zero attached hydrogens (tertiary/aromatic N) is 2. The van der Waals surface area contributed by atoms with Crippen LogP contribution in [0.5, 0.6) is 0 Å². The van der Waals surface area contributed by atoms with E-state index < -0.39 is 116 Å². The first-order valence-corrected chi connectivity index (χ1v) is 29.9. The number of ketones is 8. The van der Waals surface area contributed by atoms with Crippen LogP contribution in [0.15, 0.2) is 133 Å². The summed E-state index contributed by atoms with van der Waals surface area (Å²) in [6.45, 7) is 6.44. The average Bonchev–Trinajstić information content (AvgIpc) is 0.823. The number of aromatic nitrogens is 4. The van der Waals surface area contributed by atoms with Gasteiger partial charge in [-0.1, -0.05) is 97.1 Å². The predicted octanol–water partition coefficient (Wildman–Crippen LogP) is 6.02. The fraction of sp³-hybridized carbons (Fsp3) is 0.278. The average molecular weight is 1280 g/mol. The molecular formula is C72H66N4O18. The first kappa shape index (κ1) is 65.9. The third-order valence-electron chi connectivity index (χ3n) is 18.8. The number of nitrogens with one attached hydrogen (secondary N) is 2. The van der Waals surface area contributed by atoms with E-state index in [1.807, 2.05) is 60.7 Å². The van der Waals surface area contributed by atoms with Gasteiger partial charge in [0.1, 0.15) is 36.6 Å². The van der Waals surface area contributed by atoms with Gasteiger partial charge in [0.25, 0.3) is 0 Å². The molecule has 94 heavy (non-hydrogen) atoms. The lowest BCUT2D eigenvalue weighted by Gasteiger charge is -2.58. The number of Topliss-reactive ketones (excluding diaryl/α,β-unsaturated/α-hetero) is 8. The van der Waals surface area contributed by atoms with Crippen LogP contribution in [0.25, 0.3) is 90.9 Å². The quantitative estimate of drug-likeness (QED) is 0.0528. The Balaban J connectivity index is 1.20. The van der Waals surface area contributed by atoms with Gasteiger partial charge in [-0.3, -0.25) is 38.4 Å². The second-order valence-electron chi connectivity index (χ2n) is 24.3. The molecule has 0 radical (unpaired) electrons. The summed E-state index contributed by atoms with van der Waals surface area (Å²) in [4.78, 5) is 126. The summed E-state index contributed by atoms with van der Waals surface area (Å²) < 4.78 is 12.4. The van der Waals surface area contributed by atoms with E-state index >= 15 is 0 Å². The second-order valence-corrected chi connectivity index (χ2v) is 24.3. The Kier molecular flexibility index (Phi) is 16.7. The summed E-state index contributed by atoms with van der Waals surface area (Å²) in [7, 11) is 0. The summed E-state index contributed by atoms with van der Waals surface area (Å²) in [6.07, 6.45) is -6.83. The SMILES string of the molecule is CC(=O)C(O)[C@H]1O[C@@H](c2cccc(-c3c4nc(c(-c5ccccc5)c5ccc([nH]5)c(-c5cccc([C@@H]6O[C@H](C(O)C(C)=O)[C@](O)(C(C)=O)[C@@](O)(C(C)=O)[C@]6(O)C(C)=O)c5)c5nc(c(-c6ccccc6)c6ccc3[nH]6)C=C5)C=C4)c2)[C@@](O)(C(C)=O)[C@](O)(C(C)=O)[C@@]1(O)C(C)=O. The van der Waals surface area contributed by atoms with Crippen molar-refractivity contribution in [2.24, 2.45) is 0 Å². The van der Waals surface area contributed by atoms with Crippen molar-refractivity contribution < 1.29 is 88.7 Å². The molecule has 3 aromatic heterocycles. The molecule has 2 fully saturated rings. The molecule has 7 aromatic rings. The maximum absolute atomic E-state index is 14.0. The van der Waals surface area contributed by atoms with Gasteiger partial charge >= 0.3 is 0 Å². The Morgan fingerprint density at radius 1 is 0.372 bits per heavy atom. The molecular weight excluding hydrogens is 1210 g/mol. The minimum Gasteiger partial charge on any atom is -0.382 e. The molecule has 11 rings (SSSR count). The lowest BCUT2D eigenvalue weighted by atomic mass is 9.57. The normalized spacial score (nSPS) is 27.1. The highest BCUT2D eigenvalue weighted by Crippen LogP contribution is 2.55. The molecule has 8 bridgehead atoms. The molecule has 22 nitrogen and oxygen atoms in total. The largest absolute Gasteiger partial charge is 0.382 e. The third-order valence-corrected chi connectivity index (χ3v) is 18.8. The number of hydrogen-bond acceptors (Lipinski definition) is 20. The van der Waals surface area contributed by atoms with E-state index in [0.29, 0.717) is 89.4 Å². The number of carbonyl (C=O) groups excluding carboxylic acids is 8. The monoisotopic (exact) mass is 1270 g/mol. The first-order valence-electron chi connectivity index (χ1n) is 29.9. The van der Waals surface area contributed by atoms with Crippen LogP contribution in [-0.2, 0) is 47.8 Å². The van der Waals surface area contributed by atoms with Gasteiger partial charge in [0.2, 0.25) is 0 Å². The lowest BCUT2D eigenvalue weighted by molar-refractivity contribution is -0.329. The molecule has 2 unspecified atom stereocenters. The van der Waals surface area contributed by atoms with E-state index in [0.717, 1.165) is 55.4 Å². The van der Waals surface area contributed by atoms with Crippen molar-refractivity contribution in [3.63, 3.8) is 0 Å². The van der Waals surface area contributed by atoms with Crippen LogP contribution in [-0.4, -0.2) is 165 Å². The van der Waals surface area contributed by atoms with Crippen LogP contribution >= 0.6 is 0 Å². The molecule has 12 atom stereocenters. The highest BCUT2D eigenvalue weighted by molar-refractivity contribution is 6.08. The molecule has 10 N–H and O–H groups in total. The van der Waals surface area contributed by atoms with Gasteiger partial charge < -0.3 is 60.3 Å². The fourth-order valence-corrected chi connectivity index (χ4v) is 13.9. The minimum atomic E-state index is -3.72. The minimum absolute atomic E-state index is 0.118. The van der Waals surface area contributed by atoms with Gasteiger partial charge in [-0.15, -0.1) is 0 Å². The summed E-state index contributed by atoms with van der Waals surface area (Å²) in [5, 5.41) is 97.6. The Labute approximate surface area is 536 Å². The Bertz CT molecular complexity index is 4340. The molecule has 4 aromatic carbocycles. The standard InChI is InChI=1S/C72H66N4O18/c1-35(77)61(85)65-69(89,39(5)81)71(91,41(7)83)67(87,37(3)79)63(93-65)47-23-15-21-45(33-47)59-53-29-25-49(73-53)57(43-17-11-9-12-18-43)51-27-31-55(75-51)60(56-32-28-52(76-56)58(44-19-13-10-14-20-44)50-26-30-54(59)74-50)46-22-16-24-48(34-46)64-68(88,38(4)80)72(92,42(8)84)70(90,40(6)82)66(94-64)62(86)36(2)78/h9-34,61-66,73,76,85-92H,1-8H3/t61?,62?,63-,64-,65+,66+,67-,68-,69+,70+,71+,72+/m0/s1. The van der Waals surface area contributed by atoms with Crippen molar-refractivity contribution in [1.82, 2.24) is 19.9 Å². The molecule has 0 amide bonds. The number of benzene rings is 4. The summed E-state index contributed by atoms with van der Waals surface area (Å²) in [6, 6.07) is 37.7. The van der Waals surface area contributed by atoms with Crippen LogP contribution in [0.3, 0.4) is 0 Å². The van der Waals surface area contributed by atoms with E-state index in [4.69, 9.17) is 19.4 Å². The van der Waals surface area contributed by atoms with Gasteiger partial charge in [-0.25, -0.2) is 9.97 Å². The number of ether oxygens (including phenoxy) is 2. The van der Waals surface area contributed by atoms with E-state index in [1.165, 1.54) is 36.4 Å². The van der Waals surface area contributed by atoms with Crippen molar-refractivity contribution in [2.45, 2.75) is 126 Å². The van der Waals surface area contributed by atoms with E-state index in [2.05, 4.69) is 9.97 Å². The van der Waals surface area contributed by atoms with Crippen LogP contribution < -0.4 is 0 Å². The zero-order valence-corrected chi connectivity index (χ0v) is 52.0. The molecule has 482 valence electrons. The molecule has 0 aliphatic carbocycles. The van der Waals surface area contributed by atoms with Crippen molar-refractivity contribution in [2.75, 3.05) is 0 Å². The van der Waals surface area contributed by atoms with Gasteiger partial charge in [-0.05, 0) is 149 Å². The topological polar surface area (TPSA) is 374 Å². The Morgan fingerprint density at radius 2 is 0.649 bits per heavy atom. The van der Waals surface area contributed by atoms with Crippen molar-refractivity contribution in [1.29, 1.82) is 0 Å². The van der Waals surface area contributed by atoms with E-state index in [1.54, 1.807) is 60.7 Å². The molecule has 4 aliphatic heterocycles. The van der Waals surface area contributed by atoms with Crippen molar-refractivity contribution >= 4 is 92.6 Å². The van der Waals surface area contributed by atoms with E-state index in [-0.39, 0.29) is 11.1 Å². The smallest absolute Gasteiger partial charge is 0.200 e. The predicted molar refractivity (Wildman–Crippen MR) is 343 cm³/mol. The Hall–Kier alpha value is -9.56. The van der Waals surface area contributed by atoms with Crippen LogP contribution in [0.4, 0.5) is 0 Å². The van der Waals surface area contributed by atoms with Crippen molar-refractivity contribution in [3.05, 3.63) is 167 Å². The second kappa shape index (κ2) is 23.8. The molecule has 7 heterocycles. The van der Waals surface area contributed by atoms with Gasteiger partial charge in [0.05, 0.1) is 22.8 Å². The molecule has 4 aliphatic rings. The number of carbonyl (C=O) groups is 8. The van der Waals surface area contributed by atoms with Crippen LogP contribution in [0.1, 0.15) is 102 Å². The number of fused-ring (bicyclic) bond motifs is 8. The number of aliphatic hydroxyl groups is 8. The molecule has 0 spiro atoms. The zero-order valence-electron chi connectivity index (χ0n) is 52.0. The molecule has 0 saturated carbocycles. The maximum atomic E-state index is 14.0. The van der Waals surface area contributed by atoms with Crippen LogP contribution in [0, 0.1) is 0 Å². The number of rotatable bonds is 16. The highest BCUT2D eigenvalue weighted by atomic mass is 16.6. The van der Waals surface area contributed by atoms with E-state index in [9.17, 15) is 79.2 Å². The zero-order chi connectivity index (χ0) is 68.1. The summed E-state index contributed by atoms with van der Waals surface area (Å²) in [5.74, 6) is -10.5. The van der Waals surface area contributed by atoms with Gasteiger partial charge in [-0.2, -0.15) is 0 Å². The molecule has 22 heteroatoms. The first-order chi connectivity index (χ1) is 44.3. The summed E-state index contributed by atoms with van der Waals surface area (Å²) >= 11 is 0. The van der Waals surface area contributed by atoms with Gasteiger partial charge in [0, 0.05) is 44.3 Å². The fourth-order valence-electron chi connectivity index (χ4n) is 13.9. The number of aromatic amines is 2. The third kappa shape index (κ3) is 9.62. The van der Waals surface area contributed by atoms with Crippen LogP contribution in [0.2, 0.25) is 0 Å². The Morgan fingerprint density at radius 3 is 0.915 bits per heavy atom. The van der Waals surface area contributed by atoms with Crippen molar-refractivity contribution in [3.8, 4) is 44.5 Å². The molecule has 2 saturated heterocycles.